The SMILES string of the molecule is [NH]C(Cc1ccncc1)C1CCNCC1. The van der Waals surface area contributed by atoms with Gasteiger partial charge in [0, 0.05) is 18.4 Å². The molecule has 2 N–H and O–H groups in total. The zero-order valence-electron chi connectivity index (χ0n) is 8.95. The normalized spacial score (nSPS) is 20.1. The van der Waals surface area contributed by atoms with Crippen LogP contribution in [0.3, 0.4) is 0 Å². The van der Waals surface area contributed by atoms with Crippen molar-refractivity contribution < 1.29 is 0 Å². The van der Waals surface area contributed by atoms with Crippen LogP contribution in [0.4, 0.5) is 0 Å². The molecule has 0 aliphatic carbocycles. The molecule has 1 fully saturated rings. The number of pyridine rings is 1. The lowest BCUT2D eigenvalue weighted by Gasteiger charge is -2.27. The second-order valence-electron chi connectivity index (χ2n) is 4.25. The third-order valence-corrected chi connectivity index (χ3v) is 3.16. The Labute approximate surface area is 91.1 Å². The summed E-state index contributed by atoms with van der Waals surface area (Å²) in [6.07, 6.45) is 6.79. The first-order valence-electron chi connectivity index (χ1n) is 5.67. The van der Waals surface area contributed by atoms with Gasteiger partial charge >= 0.3 is 0 Å². The fourth-order valence-corrected chi connectivity index (χ4v) is 2.19. The zero-order chi connectivity index (χ0) is 10.5. The summed E-state index contributed by atoms with van der Waals surface area (Å²) in [7, 11) is 0. The van der Waals surface area contributed by atoms with E-state index >= 15 is 0 Å². The van der Waals surface area contributed by atoms with E-state index in [0.29, 0.717) is 5.92 Å². The molecule has 0 bridgehead atoms. The number of aromatic nitrogens is 1. The van der Waals surface area contributed by atoms with Crippen molar-refractivity contribution in [2.75, 3.05) is 13.1 Å². The van der Waals surface area contributed by atoms with E-state index in [0.717, 1.165) is 32.4 Å². The fraction of sp³-hybridized carbons (Fsp3) is 0.583. The van der Waals surface area contributed by atoms with Crippen molar-refractivity contribution in [1.82, 2.24) is 16.0 Å². The lowest BCUT2D eigenvalue weighted by Crippen LogP contribution is -2.35. The van der Waals surface area contributed by atoms with E-state index in [1.807, 2.05) is 24.5 Å². The summed E-state index contributed by atoms with van der Waals surface area (Å²) in [4.78, 5) is 3.99. The number of hydrogen-bond acceptors (Lipinski definition) is 2. The zero-order valence-corrected chi connectivity index (χ0v) is 8.95. The highest BCUT2D eigenvalue weighted by Crippen LogP contribution is 2.18. The predicted molar refractivity (Wildman–Crippen MR) is 60.4 cm³/mol. The minimum atomic E-state index is 0.0505. The molecular weight excluding hydrogens is 186 g/mol. The van der Waals surface area contributed by atoms with Gasteiger partial charge in [-0.25, -0.2) is 0 Å². The maximum absolute atomic E-state index is 8.16. The lowest BCUT2D eigenvalue weighted by atomic mass is 9.87. The predicted octanol–water partition coefficient (Wildman–Crippen LogP) is 1.28. The van der Waals surface area contributed by atoms with Gasteiger partial charge in [0.2, 0.25) is 0 Å². The van der Waals surface area contributed by atoms with E-state index in [1.165, 1.54) is 5.56 Å². The number of nitrogens with one attached hydrogen (secondary N) is 2. The van der Waals surface area contributed by atoms with Crippen molar-refractivity contribution in [3.8, 4) is 0 Å². The molecule has 3 nitrogen and oxygen atoms in total. The molecule has 0 saturated carbocycles. The highest BCUT2D eigenvalue weighted by molar-refractivity contribution is 5.11. The Morgan fingerprint density at radius 2 is 2.00 bits per heavy atom. The largest absolute Gasteiger partial charge is 0.317 e. The first-order valence-corrected chi connectivity index (χ1v) is 5.67. The van der Waals surface area contributed by atoms with E-state index in [4.69, 9.17) is 5.73 Å². The summed E-state index contributed by atoms with van der Waals surface area (Å²) >= 11 is 0. The molecule has 1 unspecified atom stereocenters. The average Bonchev–Trinajstić information content (AvgIpc) is 2.31. The first kappa shape index (κ1) is 10.6. The molecule has 2 heterocycles. The van der Waals surface area contributed by atoms with Crippen molar-refractivity contribution in [1.29, 1.82) is 0 Å². The molecule has 1 saturated heterocycles. The van der Waals surface area contributed by atoms with Gasteiger partial charge < -0.3 is 5.32 Å². The van der Waals surface area contributed by atoms with Gasteiger partial charge in [0.15, 0.2) is 0 Å². The molecule has 0 aromatic carbocycles. The van der Waals surface area contributed by atoms with Crippen LogP contribution in [-0.2, 0) is 6.42 Å². The third-order valence-electron chi connectivity index (χ3n) is 3.16. The summed E-state index contributed by atoms with van der Waals surface area (Å²) in [5, 5.41) is 3.34. The van der Waals surface area contributed by atoms with Crippen molar-refractivity contribution in [3.63, 3.8) is 0 Å². The number of rotatable bonds is 3. The summed E-state index contributed by atoms with van der Waals surface area (Å²) in [5.74, 6) is 0.569. The number of piperidine rings is 1. The van der Waals surface area contributed by atoms with Gasteiger partial charge in [-0.1, -0.05) is 0 Å². The Bertz CT molecular complexity index is 280. The van der Waals surface area contributed by atoms with Gasteiger partial charge in [-0.2, -0.15) is 0 Å². The van der Waals surface area contributed by atoms with Crippen LogP contribution in [-0.4, -0.2) is 24.1 Å². The molecule has 0 amide bonds. The smallest absolute Gasteiger partial charge is 0.0282 e. The van der Waals surface area contributed by atoms with Gasteiger partial charge in [0.25, 0.3) is 0 Å². The van der Waals surface area contributed by atoms with E-state index in [-0.39, 0.29) is 6.04 Å². The fourth-order valence-electron chi connectivity index (χ4n) is 2.19. The summed E-state index contributed by atoms with van der Waals surface area (Å²) < 4.78 is 0. The van der Waals surface area contributed by atoms with Crippen LogP contribution in [0.1, 0.15) is 18.4 Å². The van der Waals surface area contributed by atoms with E-state index in [1.54, 1.807) is 0 Å². The number of hydrogen-bond donors (Lipinski definition) is 1. The summed E-state index contributed by atoms with van der Waals surface area (Å²) in [5.41, 5.74) is 9.40. The molecule has 15 heavy (non-hydrogen) atoms. The maximum atomic E-state index is 8.16. The van der Waals surface area contributed by atoms with Crippen LogP contribution in [0.5, 0.6) is 0 Å². The van der Waals surface area contributed by atoms with Crippen LogP contribution in [0, 0.1) is 5.92 Å². The van der Waals surface area contributed by atoms with E-state index < -0.39 is 0 Å². The van der Waals surface area contributed by atoms with Crippen LogP contribution in [0.15, 0.2) is 24.5 Å². The Morgan fingerprint density at radius 1 is 1.33 bits per heavy atom. The highest BCUT2D eigenvalue weighted by Gasteiger charge is 2.20. The monoisotopic (exact) mass is 204 g/mol. The molecule has 1 aliphatic heterocycles. The lowest BCUT2D eigenvalue weighted by molar-refractivity contribution is 0.311. The van der Waals surface area contributed by atoms with Gasteiger partial charge in [0.05, 0.1) is 0 Å². The molecular formula is C12H18N3. The van der Waals surface area contributed by atoms with Gasteiger partial charge in [-0.15, -0.1) is 0 Å². The Hall–Kier alpha value is -0.930. The minimum Gasteiger partial charge on any atom is -0.317 e. The maximum Gasteiger partial charge on any atom is 0.0282 e. The van der Waals surface area contributed by atoms with Crippen LogP contribution >= 0.6 is 0 Å². The van der Waals surface area contributed by atoms with Crippen molar-refractivity contribution >= 4 is 0 Å². The van der Waals surface area contributed by atoms with Gasteiger partial charge in [-0.3, -0.25) is 10.7 Å². The molecule has 2 rings (SSSR count). The first-order chi connectivity index (χ1) is 7.36. The van der Waals surface area contributed by atoms with Crippen molar-refractivity contribution in [3.05, 3.63) is 30.1 Å². The Balaban J connectivity index is 1.88. The van der Waals surface area contributed by atoms with E-state index in [2.05, 4.69) is 10.3 Å². The molecule has 1 aromatic rings. The van der Waals surface area contributed by atoms with Gasteiger partial charge in [-0.05, 0) is 56.0 Å². The Morgan fingerprint density at radius 3 is 2.67 bits per heavy atom. The van der Waals surface area contributed by atoms with Crippen LogP contribution < -0.4 is 11.1 Å². The molecule has 0 spiro atoms. The summed E-state index contributed by atoms with van der Waals surface area (Å²) in [6, 6.07) is 4.08. The van der Waals surface area contributed by atoms with Crippen molar-refractivity contribution in [2.24, 2.45) is 5.92 Å². The molecule has 1 aromatic heterocycles. The average molecular weight is 204 g/mol. The van der Waals surface area contributed by atoms with Gasteiger partial charge in [0.1, 0.15) is 0 Å². The quantitative estimate of drug-likeness (QED) is 0.806. The molecule has 81 valence electrons. The highest BCUT2D eigenvalue weighted by atomic mass is 14.9. The van der Waals surface area contributed by atoms with E-state index in [9.17, 15) is 0 Å². The standard InChI is InChI=1S/C12H18N3/c13-12(11-3-7-15-8-4-11)9-10-1-5-14-6-2-10/h1-2,5-6,11-13,15H,3-4,7-9H2. The number of nitrogens with zero attached hydrogens (tertiary/aromatic N) is 1. The van der Waals surface area contributed by atoms with Crippen LogP contribution in [0.25, 0.3) is 0 Å². The van der Waals surface area contributed by atoms with Crippen molar-refractivity contribution in [2.45, 2.75) is 25.3 Å². The second-order valence-corrected chi connectivity index (χ2v) is 4.25. The molecule has 3 heteroatoms. The molecule has 1 aliphatic rings. The molecule has 1 atom stereocenters. The van der Waals surface area contributed by atoms with Crippen LogP contribution in [0.2, 0.25) is 0 Å². The second kappa shape index (κ2) is 5.24. The topological polar surface area (TPSA) is 48.7 Å². The Kier molecular flexibility index (Phi) is 3.69. The third kappa shape index (κ3) is 3.01. The summed E-state index contributed by atoms with van der Waals surface area (Å²) in [6.45, 7) is 2.16. The minimum absolute atomic E-state index is 0.0505. The molecule has 1 radical (unpaired) electrons.